The Kier molecular flexibility index (Phi) is 3.23. The zero-order valence-corrected chi connectivity index (χ0v) is 8.79. The average Bonchev–Trinajstić information content (AvgIpc) is 2.85. The molecule has 2 aliphatic heterocycles. The van der Waals surface area contributed by atoms with Crippen LogP contribution in [-0.2, 0) is 9.53 Å². The second-order valence-electron chi connectivity index (χ2n) is 4.39. The Morgan fingerprint density at radius 1 is 1.67 bits per heavy atom. The van der Waals surface area contributed by atoms with Crippen LogP contribution in [0.25, 0.3) is 0 Å². The minimum absolute atomic E-state index is 0.00664. The summed E-state index contributed by atoms with van der Waals surface area (Å²) in [6, 6.07) is -0.0732. The molecule has 3 N–H and O–H groups in total. The van der Waals surface area contributed by atoms with Gasteiger partial charge in [0, 0.05) is 19.6 Å². The summed E-state index contributed by atoms with van der Waals surface area (Å²) >= 11 is 0. The van der Waals surface area contributed by atoms with Crippen LogP contribution in [0.2, 0.25) is 0 Å². The molecule has 2 rings (SSSR count). The van der Waals surface area contributed by atoms with E-state index >= 15 is 0 Å². The summed E-state index contributed by atoms with van der Waals surface area (Å²) in [6.07, 6.45) is 2.54. The fraction of sp³-hybridized carbons (Fsp3) is 0.900. The summed E-state index contributed by atoms with van der Waals surface area (Å²) in [5, 5.41) is 15.8. The van der Waals surface area contributed by atoms with Crippen LogP contribution in [-0.4, -0.2) is 49.0 Å². The highest BCUT2D eigenvalue weighted by Gasteiger charge is 2.33. The molecule has 0 aliphatic carbocycles. The lowest BCUT2D eigenvalue weighted by Gasteiger charge is -2.21. The Morgan fingerprint density at radius 3 is 3.13 bits per heavy atom. The number of hydrogen-bond donors (Lipinski definition) is 3. The monoisotopic (exact) mass is 214 g/mol. The minimum Gasteiger partial charge on any atom is -0.386 e. The number of aliphatic hydroxyl groups is 1. The van der Waals surface area contributed by atoms with Crippen molar-refractivity contribution in [2.45, 2.75) is 30.9 Å². The molecular weight excluding hydrogens is 196 g/mol. The van der Waals surface area contributed by atoms with Crippen molar-refractivity contribution in [2.24, 2.45) is 0 Å². The third kappa shape index (κ3) is 2.68. The molecule has 0 aromatic rings. The van der Waals surface area contributed by atoms with E-state index in [0.29, 0.717) is 26.2 Å². The van der Waals surface area contributed by atoms with Crippen molar-refractivity contribution in [2.75, 3.05) is 26.3 Å². The summed E-state index contributed by atoms with van der Waals surface area (Å²) < 4.78 is 5.10. The van der Waals surface area contributed by atoms with Gasteiger partial charge in [-0.15, -0.1) is 0 Å². The van der Waals surface area contributed by atoms with Gasteiger partial charge < -0.3 is 20.5 Å². The number of amides is 1. The van der Waals surface area contributed by atoms with E-state index in [2.05, 4.69) is 10.6 Å². The maximum Gasteiger partial charge on any atom is 0.237 e. The van der Waals surface area contributed by atoms with Crippen LogP contribution < -0.4 is 10.6 Å². The van der Waals surface area contributed by atoms with Gasteiger partial charge in [-0.3, -0.25) is 4.79 Å². The molecule has 2 aliphatic rings. The summed E-state index contributed by atoms with van der Waals surface area (Å²) in [7, 11) is 0. The topological polar surface area (TPSA) is 70.6 Å². The predicted molar refractivity (Wildman–Crippen MR) is 54.4 cm³/mol. The van der Waals surface area contributed by atoms with E-state index in [1.54, 1.807) is 0 Å². The lowest BCUT2D eigenvalue weighted by Crippen LogP contribution is -2.48. The Balaban J connectivity index is 1.74. The smallest absolute Gasteiger partial charge is 0.237 e. The first-order chi connectivity index (χ1) is 7.20. The number of ether oxygens (including phenoxy) is 1. The molecule has 2 saturated heterocycles. The van der Waals surface area contributed by atoms with Crippen molar-refractivity contribution in [3.8, 4) is 0 Å². The Bertz CT molecular complexity index is 233. The first-order valence-electron chi connectivity index (χ1n) is 5.51. The molecule has 0 spiro atoms. The zero-order chi connectivity index (χ0) is 10.7. The van der Waals surface area contributed by atoms with Gasteiger partial charge in [-0.1, -0.05) is 0 Å². The van der Waals surface area contributed by atoms with Crippen LogP contribution in [0.3, 0.4) is 0 Å². The Morgan fingerprint density at radius 2 is 2.53 bits per heavy atom. The van der Waals surface area contributed by atoms with Gasteiger partial charge >= 0.3 is 0 Å². The van der Waals surface area contributed by atoms with Crippen LogP contribution in [0.4, 0.5) is 0 Å². The summed E-state index contributed by atoms with van der Waals surface area (Å²) in [5.41, 5.74) is -0.853. The molecule has 2 fully saturated rings. The second kappa shape index (κ2) is 4.47. The zero-order valence-electron chi connectivity index (χ0n) is 8.79. The molecule has 2 atom stereocenters. The van der Waals surface area contributed by atoms with Crippen molar-refractivity contribution < 1.29 is 14.6 Å². The van der Waals surface area contributed by atoms with Gasteiger partial charge in [0.15, 0.2) is 0 Å². The first kappa shape index (κ1) is 10.9. The van der Waals surface area contributed by atoms with E-state index in [4.69, 9.17) is 4.74 Å². The van der Waals surface area contributed by atoms with E-state index in [0.717, 1.165) is 19.4 Å². The Hall–Kier alpha value is -0.650. The van der Waals surface area contributed by atoms with Crippen LogP contribution in [0.1, 0.15) is 19.3 Å². The van der Waals surface area contributed by atoms with E-state index in [-0.39, 0.29) is 11.9 Å². The molecule has 0 radical (unpaired) electrons. The molecule has 1 unspecified atom stereocenters. The molecule has 0 saturated carbocycles. The van der Waals surface area contributed by atoms with Crippen molar-refractivity contribution in [3.63, 3.8) is 0 Å². The van der Waals surface area contributed by atoms with Crippen molar-refractivity contribution in [1.29, 1.82) is 0 Å². The SMILES string of the molecule is O=C(NCC1(O)CCOC1)[C@@H]1CCCN1. The van der Waals surface area contributed by atoms with Crippen LogP contribution in [0, 0.1) is 0 Å². The van der Waals surface area contributed by atoms with Crippen LogP contribution in [0.15, 0.2) is 0 Å². The highest BCUT2D eigenvalue weighted by Crippen LogP contribution is 2.17. The van der Waals surface area contributed by atoms with E-state index in [9.17, 15) is 9.90 Å². The standard InChI is InChI=1S/C10H18N2O3/c13-9(8-2-1-4-11-8)12-6-10(14)3-5-15-7-10/h8,11,14H,1-7H2,(H,12,13)/t8-,10?/m0/s1. The van der Waals surface area contributed by atoms with Gasteiger partial charge in [0.05, 0.1) is 12.6 Å². The van der Waals surface area contributed by atoms with Gasteiger partial charge in [-0.2, -0.15) is 0 Å². The molecule has 0 bridgehead atoms. The number of nitrogens with one attached hydrogen (secondary N) is 2. The fourth-order valence-electron chi connectivity index (χ4n) is 2.02. The fourth-order valence-corrected chi connectivity index (χ4v) is 2.02. The Labute approximate surface area is 89.2 Å². The van der Waals surface area contributed by atoms with Gasteiger partial charge in [-0.25, -0.2) is 0 Å². The third-order valence-corrected chi connectivity index (χ3v) is 3.05. The molecule has 15 heavy (non-hydrogen) atoms. The highest BCUT2D eigenvalue weighted by atomic mass is 16.5. The van der Waals surface area contributed by atoms with Crippen molar-refractivity contribution in [3.05, 3.63) is 0 Å². The maximum atomic E-state index is 11.6. The highest BCUT2D eigenvalue weighted by molar-refractivity contribution is 5.82. The van der Waals surface area contributed by atoms with Gasteiger partial charge in [0.1, 0.15) is 5.60 Å². The first-order valence-corrected chi connectivity index (χ1v) is 5.51. The normalized spacial score (nSPS) is 35.7. The lowest BCUT2D eigenvalue weighted by atomic mass is 10.0. The second-order valence-corrected chi connectivity index (χ2v) is 4.39. The van der Waals surface area contributed by atoms with E-state index in [1.165, 1.54) is 0 Å². The van der Waals surface area contributed by atoms with Gasteiger partial charge in [-0.05, 0) is 19.4 Å². The molecular formula is C10H18N2O3. The van der Waals surface area contributed by atoms with Crippen molar-refractivity contribution >= 4 is 5.91 Å². The van der Waals surface area contributed by atoms with Crippen LogP contribution in [0.5, 0.6) is 0 Å². The van der Waals surface area contributed by atoms with Gasteiger partial charge in [0.2, 0.25) is 5.91 Å². The molecule has 5 nitrogen and oxygen atoms in total. The quantitative estimate of drug-likeness (QED) is 0.564. The maximum absolute atomic E-state index is 11.6. The van der Waals surface area contributed by atoms with Crippen LogP contribution >= 0.6 is 0 Å². The molecule has 2 heterocycles. The van der Waals surface area contributed by atoms with Crippen molar-refractivity contribution in [1.82, 2.24) is 10.6 Å². The molecule has 0 aromatic heterocycles. The summed E-state index contributed by atoms with van der Waals surface area (Å²) in [4.78, 5) is 11.6. The minimum atomic E-state index is -0.853. The largest absolute Gasteiger partial charge is 0.386 e. The summed E-state index contributed by atoms with van der Waals surface area (Å²) in [6.45, 7) is 2.11. The molecule has 0 aromatic carbocycles. The average molecular weight is 214 g/mol. The number of rotatable bonds is 3. The lowest BCUT2D eigenvalue weighted by molar-refractivity contribution is -0.124. The third-order valence-electron chi connectivity index (χ3n) is 3.05. The predicted octanol–water partition coefficient (Wildman–Crippen LogP) is -0.994. The van der Waals surface area contributed by atoms with Gasteiger partial charge in [0.25, 0.3) is 0 Å². The number of carbonyl (C=O) groups excluding carboxylic acids is 1. The number of carbonyl (C=O) groups is 1. The van der Waals surface area contributed by atoms with E-state index in [1.807, 2.05) is 0 Å². The molecule has 1 amide bonds. The van der Waals surface area contributed by atoms with E-state index < -0.39 is 5.60 Å². The number of hydrogen-bond acceptors (Lipinski definition) is 4. The molecule has 5 heteroatoms. The molecule has 86 valence electrons. The summed E-state index contributed by atoms with van der Waals surface area (Å²) in [5.74, 6) is -0.00664.